The average molecular weight is 604 g/mol. The fraction of sp³-hybridized carbons (Fsp3) is 0.120. The third-order valence-electron chi connectivity index (χ3n) is 4.62. The summed E-state index contributed by atoms with van der Waals surface area (Å²) in [4.78, 5) is 36.1. The quantitative estimate of drug-likeness (QED) is 0.156. The zero-order chi connectivity index (χ0) is 26.1. The molecule has 0 saturated carbocycles. The minimum Gasteiger partial charge on any atom is -0.493 e. The van der Waals surface area contributed by atoms with Crippen LogP contribution in [0.25, 0.3) is 0 Å². The minimum absolute atomic E-state index is 0.229. The van der Waals surface area contributed by atoms with Crippen LogP contribution in [-0.4, -0.2) is 37.7 Å². The van der Waals surface area contributed by atoms with Gasteiger partial charge in [-0.15, -0.1) is 0 Å². The highest BCUT2D eigenvalue weighted by molar-refractivity contribution is 14.1. The predicted octanol–water partition coefficient (Wildman–Crippen LogP) is 3.85. The van der Waals surface area contributed by atoms with Crippen molar-refractivity contribution in [3.63, 3.8) is 0 Å². The lowest BCUT2D eigenvalue weighted by Crippen LogP contribution is -2.32. The van der Waals surface area contributed by atoms with Crippen LogP contribution in [0.15, 0.2) is 65.8 Å². The number of aryl methyl sites for hydroxylation is 1. The molecule has 3 N–H and O–H groups in total. The van der Waals surface area contributed by atoms with E-state index in [4.69, 9.17) is 9.47 Å². The van der Waals surface area contributed by atoms with Crippen LogP contribution in [0.3, 0.4) is 0 Å². The largest absolute Gasteiger partial charge is 0.493 e. The molecule has 0 radical (unpaired) electrons. The van der Waals surface area contributed by atoms with Crippen LogP contribution in [0.1, 0.15) is 11.1 Å². The van der Waals surface area contributed by atoms with Crippen molar-refractivity contribution >= 4 is 57.9 Å². The number of carbonyl (C=O) groups is 3. The average Bonchev–Trinajstić information content (AvgIpc) is 2.85. The summed E-state index contributed by atoms with van der Waals surface area (Å²) in [5.41, 5.74) is 4.68. The first-order valence-corrected chi connectivity index (χ1v) is 11.6. The molecule has 0 fully saturated rings. The molecule has 0 aliphatic carbocycles. The van der Waals surface area contributed by atoms with E-state index in [1.54, 1.807) is 24.3 Å². The van der Waals surface area contributed by atoms with Crippen molar-refractivity contribution in [2.24, 2.45) is 5.10 Å². The van der Waals surface area contributed by atoms with Crippen LogP contribution in [-0.2, 0) is 14.4 Å². The second-order valence-electron chi connectivity index (χ2n) is 7.40. The van der Waals surface area contributed by atoms with Crippen LogP contribution in [0.4, 0.5) is 15.8 Å². The zero-order valence-corrected chi connectivity index (χ0v) is 21.5. The van der Waals surface area contributed by atoms with E-state index in [0.29, 0.717) is 26.3 Å². The van der Waals surface area contributed by atoms with E-state index in [2.05, 4.69) is 21.2 Å². The number of rotatable bonds is 8. The summed E-state index contributed by atoms with van der Waals surface area (Å²) in [5, 5.41) is 8.87. The summed E-state index contributed by atoms with van der Waals surface area (Å²) in [5.74, 6) is -2.03. The molecule has 186 valence electrons. The van der Waals surface area contributed by atoms with Crippen LogP contribution < -0.4 is 25.5 Å². The molecule has 0 heterocycles. The lowest BCUT2D eigenvalue weighted by molar-refractivity contribution is -0.136. The number of amides is 3. The Morgan fingerprint density at radius 2 is 1.61 bits per heavy atom. The van der Waals surface area contributed by atoms with Gasteiger partial charge in [-0.05, 0) is 83.6 Å². The molecule has 3 rings (SSSR count). The molecule has 9 nitrogen and oxygen atoms in total. The maximum absolute atomic E-state index is 12.9. The molecule has 0 aromatic heterocycles. The molecule has 0 aliphatic rings. The maximum atomic E-state index is 12.9. The number of hydrogen-bond donors (Lipinski definition) is 3. The van der Waals surface area contributed by atoms with E-state index in [1.165, 1.54) is 25.5 Å². The van der Waals surface area contributed by atoms with E-state index >= 15 is 0 Å². The summed E-state index contributed by atoms with van der Waals surface area (Å²) in [7, 11) is 1.45. The second kappa shape index (κ2) is 12.6. The second-order valence-corrected chi connectivity index (χ2v) is 8.56. The van der Waals surface area contributed by atoms with Crippen LogP contribution in [0.2, 0.25) is 0 Å². The number of anilines is 2. The third kappa shape index (κ3) is 7.77. The molecule has 0 spiro atoms. The summed E-state index contributed by atoms with van der Waals surface area (Å²) in [6.45, 7) is 1.73. The lowest BCUT2D eigenvalue weighted by atomic mass is 10.2. The molecule has 3 amide bonds. The molecule has 11 heteroatoms. The number of hydrazone groups is 1. The van der Waals surface area contributed by atoms with Crippen molar-refractivity contribution < 1.29 is 28.2 Å². The summed E-state index contributed by atoms with van der Waals surface area (Å²) >= 11 is 2.02. The van der Waals surface area contributed by atoms with Crippen molar-refractivity contribution in [3.8, 4) is 11.5 Å². The monoisotopic (exact) mass is 604 g/mol. The predicted molar refractivity (Wildman–Crippen MR) is 142 cm³/mol. The molecular formula is C25H22FIN4O5. The first-order valence-electron chi connectivity index (χ1n) is 10.5. The molecule has 0 unspecified atom stereocenters. The molecule has 0 atom stereocenters. The van der Waals surface area contributed by atoms with Gasteiger partial charge in [0.1, 0.15) is 5.82 Å². The topological polar surface area (TPSA) is 118 Å². The molecular weight excluding hydrogens is 582 g/mol. The highest BCUT2D eigenvalue weighted by Gasteiger charge is 2.15. The maximum Gasteiger partial charge on any atom is 0.329 e. The van der Waals surface area contributed by atoms with Crippen LogP contribution >= 0.6 is 22.6 Å². The molecule has 36 heavy (non-hydrogen) atoms. The smallest absolute Gasteiger partial charge is 0.329 e. The first-order chi connectivity index (χ1) is 17.2. The molecule has 0 bridgehead atoms. The summed E-state index contributed by atoms with van der Waals surface area (Å²) < 4.78 is 24.6. The first kappa shape index (κ1) is 26.6. The Hall–Kier alpha value is -4.00. The van der Waals surface area contributed by atoms with Crippen molar-refractivity contribution in [2.45, 2.75) is 6.92 Å². The number of ether oxygens (including phenoxy) is 2. The van der Waals surface area contributed by atoms with Gasteiger partial charge in [-0.25, -0.2) is 9.82 Å². The lowest BCUT2D eigenvalue weighted by Gasteiger charge is -2.13. The number of halogens is 2. The van der Waals surface area contributed by atoms with Crippen molar-refractivity contribution in [1.82, 2.24) is 5.43 Å². The fourth-order valence-electron chi connectivity index (χ4n) is 2.86. The van der Waals surface area contributed by atoms with E-state index < -0.39 is 17.6 Å². The number of nitrogens with one attached hydrogen (secondary N) is 3. The Kier molecular flexibility index (Phi) is 9.33. The van der Waals surface area contributed by atoms with Crippen molar-refractivity contribution in [2.75, 3.05) is 24.4 Å². The Morgan fingerprint density at radius 1 is 0.972 bits per heavy atom. The van der Waals surface area contributed by atoms with Crippen molar-refractivity contribution in [1.29, 1.82) is 0 Å². The van der Waals surface area contributed by atoms with Crippen LogP contribution in [0.5, 0.6) is 11.5 Å². The van der Waals surface area contributed by atoms with E-state index in [1.807, 2.05) is 41.6 Å². The standard InChI is InChI=1S/C25H22FIN4O5/c1-15-3-7-18(8-4-15)29-22(32)14-36-23-20(27)11-16(12-21(23)35-2)13-28-31-25(34)24(33)30-19-9-5-17(26)6-10-19/h3-13H,14H2,1-2H3,(H,29,32)(H,30,33)(H,31,34)/b28-13-. The number of methoxy groups -OCH3 is 1. The van der Waals surface area contributed by atoms with Gasteiger partial charge < -0.3 is 20.1 Å². The van der Waals surface area contributed by atoms with Gasteiger partial charge in [0.15, 0.2) is 18.1 Å². The van der Waals surface area contributed by atoms with Crippen LogP contribution in [0, 0.1) is 16.3 Å². The molecule has 0 aliphatic heterocycles. The van der Waals surface area contributed by atoms with Gasteiger partial charge in [-0.2, -0.15) is 5.10 Å². The zero-order valence-electron chi connectivity index (χ0n) is 19.3. The SMILES string of the molecule is COc1cc(/C=N\NC(=O)C(=O)Nc2ccc(F)cc2)cc(I)c1OCC(=O)Nc1ccc(C)cc1. The number of nitrogens with zero attached hydrogens (tertiary/aromatic N) is 1. The Labute approximate surface area is 220 Å². The van der Waals surface area contributed by atoms with Gasteiger partial charge in [0.25, 0.3) is 5.91 Å². The van der Waals surface area contributed by atoms with Gasteiger partial charge in [0.2, 0.25) is 0 Å². The fourth-order valence-corrected chi connectivity index (χ4v) is 3.64. The third-order valence-corrected chi connectivity index (χ3v) is 5.42. The minimum atomic E-state index is -1.00. The normalized spacial score (nSPS) is 10.6. The van der Waals surface area contributed by atoms with Gasteiger partial charge >= 0.3 is 11.8 Å². The Bertz CT molecular complexity index is 1280. The number of benzene rings is 3. The van der Waals surface area contributed by atoms with E-state index in [-0.39, 0.29) is 18.2 Å². The van der Waals surface area contributed by atoms with Gasteiger partial charge in [-0.1, -0.05) is 17.7 Å². The molecule has 3 aromatic carbocycles. The number of hydrogen-bond acceptors (Lipinski definition) is 6. The van der Waals surface area contributed by atoms with E-state index in [9.17, 15) is 18.8 Å². The van der Waals surface area contributed by atoms with Gasteiger partial charge in [0.05, 0.1) is 16.9 Å². The highest BCUT2D eigenvalue weighted by Crippen LogP contribution is 2.33. The summed E-state index contributed by atoms with van der Waals surface area (Å²) in [6, 6.07) is 15.7. The Balaban J connectivity index is 1.57. The molecule has 0 saturated heterocycles. The van der Waals surface area contributed by atoms with Gasteiger partial charge in [-0.3, -0.25) is 14.4 Å². The Morgan fingerprint density at radius 3 is 2.28 bits per heavy atom. The van der Waals surface area contributed by atoms with Gasteiger partial charge in [0, 0.05) is 11.4 Å². The highest BCUT2D eigenvalue weighted by atomic mass is 127. The van der Waals surface area contributed by atoms with E-state index in [0.717, 1.165) is 17.7 Å². The molecule has 3 aromatic rings. The summed E-state index contributed by atoms with van der Waals surface area (Å²) in [6.07, 6.45) is 1.32. The number of carbonyl (C=O) groups excluding carboxylic acids is 3. The van der Waals surface area contributed by atoms with Crippen molar-refractivity contribution in [3.05, 3.63) is 81.2 Å².